The molecule has 0 aliphatic carbocycles. The van der Waals surface area contributed by atoms with Crippen LogP contribution in [0.15, 0.2) is 42.5 Å². The Hall–Kier alpha value is -3.19. The van der Waals surface area contributed by atoms with E-state index in [1.807, 2.05) is 29.2 Å². The number of ether oxygens (including phenoxy) is 2. The van der Waals surface area contributed by atoms with Gasteiger partial charge >= 0.3 is 5.97 Å². The number of ketones is 1. The third-order valence-electron chi connectivity index (χ3n) is 7.73. The topological polar surface area (TPSA) is 76.2 Å². The monoisotopic (exact) mass is 520 g/mol. The molecule has 0 aromatic heterocycles. The smallest absolute Gasteiger partial charge is 0.344 e. The minimum atomic E-state index is -0.365. The zero-order valence-electron chi connectivity index (χ0n) is 22.7. The summed E-state index contributed by atoms with van der Waals surface area (Å²) in [7, 11) is 0. The van der Waals surface area contributed by atoms with Crippen LogP contribution in [0.4, 0.5) is 0 Å². The molecule has 204 valence electrons. The molecule has 0 unspecified atom stereocenters. The van der Waals surface area contributed by atoms with Crippen LogP contribution in [0.3, 0.4) is 0 Å². The molecule has 2 aliphatic heterocycles. The second kappa shape index (κ2) is 13.6. The molecule has 0 saturated carbocycles. The number of Topliss-reactive ketones (excluding diaryl/α,β-unsaturated/α-hetero) is 1. The highest BCUT2D eigenvalue weighted by Gasteiger charge is 2.22. The first-order chi connectivity index (χ1) is 18.4. The standard InChI is InChI=1S/C31H40N2O5/c1-3-37-31(36)22-38-29-6-4-5-25(19-29)21-32-15-13-26-8-9-28(20-27(26)14-16-32)30(35)10-7-24-11-17-33(18-12-24)23(2)34/h4-6,8-9,19-20,24H,3,7,10-18,21-22H2,1-2H3. The van der Waals surface area contributed by atoms with Gasteiger partial charge in [0, 0.05) is 51.6 Å². The molecule has 7 heteroatoms. The predicted molar refractivity (Wildman–Crippen MR) is 146 cm³/mol. The van der Waals surface area contributed by atoms with Crippen LogP contribution >= 0.6 is 0 Å². The van der Waals surface area contributed by atoms with E-state index in [2.05, 4.69) is 23.1 Å². The largest absolute Gasteiger partial charge is 0.482 e. The Labute approximate surface area is 226 Å². The van der Waals surface area contributed by atoms with E-state index in [0.29, 0.717) is 24.7 Å². The summed E-state index contributed by atoms with van der Waals surface area (Å²) in [6.45, 7) is 7.97. The average Bonchev–Trinajstić information content (AvgIpc) is 3.13. The summed E-state index contributed by atoms with van der Waals surface area (Å²) < 4.78 is 10.5. The first-order valence-corrected chi connectivity index (χ1v) is 13.9. The predicted octanol–water partition coefficient (Wildman–Crippen LogP) is 4.45. The Kier molecular flexibility index (Phi) is 9.93. The number of esters is 1. The van der Waals surface area contributed by atoms with E-state index in [0.717, 1.165) is 76.0 Å². The van der Waals surface area contributed by atoms with E-state index in [-0.39, 0.29) is 24.3 Å². The highest BCUT2D eigenvalue weighted by Crippen LogP contribution is 2.25. The van der Waals surface area contributed by atoms with E-state index in [1.165, 1.54) is 11.1 Å². The van der Waals surface area contributed by atoms with Gasteiger partial charge in [0.15, 0.2) is 12.4 Å². The maximum Gasteiger partial charge on any atom is 0.344 e. The molecule has 1 fully saturated rings. The van der Waals surface area contributed by atoms with Gasteiger partial charge in [0.1, 0.15) is 5.75 Å². The summed E-state index contributed by atoms with van der Waals surface area (Å²) in [6.07, 6.45) is 5.33. The summed E-state index contributed by atoms with van der Waals surface area (Å²) in [5.74, 6) is 1.20. The van der Waals surface area contributed by atoms with Crippen molar-refractivity contribution in [3.63, 3.8) is 0 Å². The summed E-state index contributed by atoms with van der Waals surface area (Å²) in [4.78, 5) is 40.4. The molecule has 4 rings (SSSR count). The number of hydrogen-bond donors (Lipinski definition) is 0. The number of piperidine rings is 1. The summed E-state index contributed by atoms with van der Waals surface area (Å²) in [5, 5.41) is 0. The van der Waals surface area contributed by atoms with Gasteiger partial charge in [0.25, 0.3) is 0 Å². The molecule has 1 saturated heterocycles. The van der Waals surface area contributed by atoms with Crippen LogP contribution in [0, 0.1) is 5.92 Å². The summed E-state index contributed by atoms with van der Waals surface area (Å²) >= 11 is 0. The van der Waals surface area contributed by atoms with Crippen molar-refractivity contribution in [2.24, 2.45) is 5.92 Å². The Balaban J connectivity index is 1.27. The lowest BCUT2D eigenvalue weighted by molar-refractivity contribution is -0.145. The van der Waals surface area contributed by atoms with E-state index in [9.17, 15) is 14.4 Å². The number of rotatable bonds is 10. The molecule has 0 N–H and O–H groups in total. The summed E-state index contributed by atoms with van der Waals surface area (Å²) in [6, 6.07) is 14.1. The van der Waals surface area contributed by atoms with Crippen molar-refractivity contribution in [1.82, 2.24) is 9.80 Å². The molecule has 2 aromatic carbocycles. The average molecular weight is 521 g/mol. The fraction of sp³-hybridized carbons (Fsp3) is 0.516. The molecule has 0 bridgehead atoms. The van der Waals surface area contributed by atoms with Crippen molar-refractivity contribution < 1.29 is 23.9 Å². The Morgan fingerprint density at radius 1 is 0.947 bits per heavy atom. The van der Waals surface area contributed by atoms with Crippen LogP contribution in [0.25, 0.3) is 0 Å². The highest BCUT2D eigenvalue weighted by molar-refractivity contribution is 5.96. The lowest BCUT2D eigenvalue weighted by atomic mass is 9.89. The molecule has 2 aromatic rings. The van der Waals surface area contributed by atoms with Crippen LogP contribution < -0.4 is 4.74 Å². The van der Waals surface area contributed by atoms with Crippen molar-refractivity contribution >= 4 is 17.7 Å². The van der Waals surface area contributed by atoms with Gasteiger partial charge in [-0.2, -0.15) is 0 Å². The molecular formula is C31H40N2O5. The maximum absolute atomic E-state index is 13.0. The fourth-order valence-corrected chi connectivity index (χ4v) is 5.46. The third-order valence-corrected chi connectivity index (χ3v) is 7.73. The van der Waals surface area contributed by atoms with Gasteiger partial charge in [-0.25, -0.2) is 4.79 Å². The number of carbonyl (C=O) groups is 3. The molecular weight excluding hydrogens is 480 g/mol. The molecule has 2 aliphatic rings. The lowest BCUT2D eigenvalue weighted by Crippen LogP contribution is -2.37. The number of nitrogens with zero attached hydrogens (tertiary/aromatic N) is 2. The second-order valence-corrected chi connectivity index (χ2v) is 10.4. The van der Waals surface area contributed by atoms with E-state index < -0.39 is 0 Å². The van der Waals surface area contributed by atoms with Crippen LogP contribution in [-0.4, -0.2) is 66.9 Å². The zero-order valence-corrected chi connectivity index (χ0v) is 22.7. The quantitative estimate of drug-likeness (QED) is 0.340. The van der Waals surface area contributed by atoms with E-state index >= 15 is 0 Å². The zero-order chi connectivity index (χ0) is 26.9. The first-order valence-electron chi connectivity index (χ1n) is 13.9. The molecule has 1 amide bonds. The molecule has 0 spiro atoms. The number of likely N-dealkylation sites (tertiary alicyclic amines) is 1. The fourth-order valence-electron chi connectivity index (χ4n) is 5.46. The first kappa shape index (κ1) is 27.8. The van der Waals surface area contributed by atoms with Crippen molar-refractivity contribution in [3.05, 3.63) is 64.7 Å². The third kappa shape index (κ3) is 7.90. The SMILES string of the molecule is CCOC(=O)COc1cccc(CN2CCc3ccc(C(=O)CCC4CCN(C(C)=O)CC4)cc3CC2)c1. The number of carbonyl (C=O) groups excluding carboxylic acids is 3. The van der Waals surface area contributed by atoms with Crippen molar-refractivity contribution in [2.45, 2.75) is 58.9 Å². The van der Waals surface area contributed by atoms with Gasteiger partial charge in [-0.3, -0.25) is 14.5 Å². The number of hydrogen-bond acceptors (Lipinski definition) is 6. The van der Waals surface area contributed by atoms with Crippen LogP contribution in [0.1, 0.15) is 66.6 Å². The Bertz CT molecular complexity index is 1120. The van der Waals surface area contributed by atoms with Crippen LogP contribution in [0.2, 0.25) is 0 Å². The highest BCUT2D eigenvalue weighted by atomic mass is 16.6. The van der Waals surface area contributed by atoms with Crippen molar-refractivity contribution in [1.29, 1.82) is 0 Å². The molecule has 38 heavy (non-hydrogen) atoms. The minimum absolute atomic E-state index is 0.0868. The minimum Gasteiger partial charge on any atom is -0.482 e. The van der Waals surface area contributed by atoms with Gasteiger partial charge < -0.3 is 14.4 Å². The Morgan fingerprint density at radius 2 is 1.71 bits per heavy atom. The second-order valence-electron chi connectivity index (χ2n) is 10.4. The molecule has 2 heterocycles. The van der Waals surface area contributed by atoms with Gasteiger partial charge in [-0.15, -0.1) is 0 Å². The van der Waals surface area contributed by atoms with Crippen molar-refractivity contribution in [3.8, 4) is 5.75 Å². The van der Waals surface area contributed by atoms with Gasteiger partial charge in [0.05, 0.1) is 6.61 Å². The van der Waals surface area contributed by atoms with Crippen LogP contribution in [0.5, 0.6) is 5.75 Å². The van der Waals surface area contributed by atoms with E-state index in [1.54, 1.807) is 13.8 Å². The van der Waals surface area contributed by atoms with Gasteiger partial charge in [-0.1, -0.05) is 24.3 Å². The van der Waals surface area contributed by atoms with Gasteiger partial charge in [0.2, 0.25) is 5.91 Å². The number of fused-ring (bicyclic) bond motifs is 1. The normalized spacial score (nSPS) is 16.4. The van der Waals surface area contributed by atoms with Gasteiger partial charge in [-0.05, 0) is 79.8 Å². The number of amides is 1. The van der Waals surface area contributed by atoms with Crippen LogP contribution in [-0.2, 0) is 33.7 Å². The van der Waals surface area contributed by atoms with Crippen molar-refractivity contribution in [2.75, 3.05) is 39.4 Å². The maximum atomic E-state index is 13.0. The lowest BCUT2D eigenvalue weighted by Gasteiger charge is -2.31. The summed E-state index contributed by atoms with van der Waals surface area (Å²) in [5.41, 5.74) is 4.57. The van der Waals surface area contributed by atoms with E-state index in [4.69, 9.17) is 9.47 Å². The molecule has 7 nitrogen and oxygen atoms in total. The number of benzene rings is 2. The Morgan fingerprint density at radius 3 is 2.45 bits per heavy atom. The molecule has 0 atom stereocenters. The molecule has 0 radical (unpaired) electrons.